The number of unbranched alkanes of at least 4 members (excludes halogenated alkanes) is 8. The third kappa shape index (κ3) is 7.12. The smallest absolute Gasteiger partial charge is 0.281 e. The monoisotopic (exact) mass is 429 g/mol. The first-order valence-corrected chi connectivity index (χ1v) is 11.4. The van der Waals surface area contributed by atoms with Crippen molar-refractivity contribution in [3.63, 3.8) is 0 Å². The second kappa shape index (κ2) is 12.8. The fraction of sp³-hybridized carbons (Fsp3) is 0.542. The number of para-hydroxylation sites is 1. The Bertz CT molecular complexity index is 923. The molecule has 0 saturated carbocycles. The van der Waals surface area contributed by atoms with Crippen LogP contribution in [-0.4, -0.2) is 33.5 Å². The Morgan fingerprint density at radius 1 is 0.968 bits per heavy atom. The van der Waals surface area contributed by atoms with Crippen molar-refractivity contribution < 1.29 is 14.7 Å². The minimum Gasteiger partial charge on any atom is -0.506 e. The van der Waals surface area contributed by atoms with E-state index in [1.54, 1.807) is 31.2 Å². The second-order valence-corrected chi connectivity index (χ2v) is 7.89. The molecule has 1 aromatic carbocycles. The highest BCUT2D eigenvalue weighted by Gasteiger charge is 2.24. The first-order valence-electron chi connectivity index (χ1n) is 11.4. The SMILES string of the molecule is CCCCCCCCCCCC(=O)NN(CC)C(=O)c1c(O)c2ccccc2[nH]c1=O. The summed E-state index contributed by atoms with van der Waals surface area (Å²) in [5.74, 6) is -1.38. The van der Waals surface area contributed by atoms with Gasteiger partial charge in [-0.1, -0.05) is 70.4 Å². The normalized spacial score (nSPS) is 10.9. The maximum Gasteiger partial charge on any atom is 0.281 e. The largest absolute Gasteiger partial charge is 0.506 e. The van der Waals surface area contributed by atoms with Crippen molar-refractivity contribution in [3.05, 3.63) is 40.2 Å². The lowest BCUT2D eigenvalue weighted by Crippen LogP contribution is -2.47. The van der Waals surface area contributed by atoms with Crippen LogP contribution >= 0.6 is 0 Å². The van der Waals surface area contributed by atoms with Crippen LogP contribution in [0.15, 0.2) is 29.1 Å². The predicted molar refractivity (Wildman–Crippen MR) is 123 cm³/mol. The van der Waals surface area contributed by atoms with Gasteiger partial charge in [-0.25, -0.2) is 5.01 Å². The van der Waals surface area contributed by atoms with Gasteiger partial charge in [0.05, 0.1) is 5.52 Å². The fourth-order valence-corrected chi connectivity index (χ4v) is 3.64. The zero-order valence-electron chi connectivity index (χ0n) is 18.7. The molecule has 0 spiro atoms. The van der Waals surface area contributed by atoms with E-state index in [4.69, 9.17) is 0 Å². The number of carbonyl (C=O) groups excluding carboxylic acids is 2. The summed E-state index contributed by atoms with van der Waals surface area (Å²) in [6, 6.07) is 6.70. The number of aromatic nitrogens is 1. The average molecular weight is 430 g/mol. The number of amides is 2. The van der Waals surface area contributed by atoms with Gasteiger partial charge in [-0.05, 0) is 25.5 Å². The summed E-state index contributed by atoms with van der Waals surface area (Å²) in [5, 5.41) is 11.9. The second-order valence-electron chi connectivity index (χ2n) is 7.89. The number of hydrogen-bond donors (Lipinski definition) is 3. The van der Waals surface area contributed by atoms with Crippen LogP contribution in [0.25, 0.3) is 10.9 Å². The molecule has 1 aromatic heterocycles. The summed E-state index contributed by atoms with van der Waals surface area (Å²) >= 11 is 0. The van der Waals surface area contributed by atoms with Gasteiger partial charge in [-0.2, -0.15) is 0 Å². The Morgan fingerprint density at radius 3 is 2.23 bits per heavy atom. The third-order valence-electron chi connectivity index (χ3n) is 5.44. The predicted octanol–water partition coefficient (Wildman–Crippen LogP) is 4.65. The minimum absolute atomic E-state index is 0.175. The number of pyridine rings is 1. The van der Waals surface area contributed by atoms with Gasteiger partial charge in [0.1, 0.15) is 11.3 Å². The molecule has 0 aliphatic carbocycles. The first kappa shape index (κ1) is 24.4. The van der Waals surface area contributed by atoms with Crippen molar-refractivity contribution in [1.29, 1.82) is 0 Å². The maximum absolute atomic E-state index is 12.9. The lowest BCUT2D eigenvalue weighted by Gasteiger charge is -2.22. The van der Waals surface area contributed by atoms with Gasteiger partial charge in [0.2, 0.25) is 5.91 Å². The lowest BCUT2D eigenvalue weighted by atomic mass is 10.1. The molecule has 170 valence electrons. The van der Waals surface area contributed by atoms with Crippen LogP contribution in [0, 0.1) is 0 Å². The van der Waals surface area contributed by atoms with E-state index < -0.39 is 11.5 Å². The number of aromatic amines is 1. The van der Waals surface area contributed by atoms with Gasteiger partial charge < -0.3 is 10.1 Å². The summed E-state index contributed by atoms with van der Waals surface area (Å²) in [5.41, 5.74) is 1.96. The Hall–Kier alpha value is -2.83. The zero-order chi connectivity index (χ0) is 22.6. The Labute approximate surface area is 183 Å². The van der Waals surface area contributed by atoms with Crippen molar-refractivity contribution >= 4 is 22.7 Å². The van der Waals surface area contributed by atoms with E-state index in [-0.39, 0.29) is 23.8 Å². The van der Waals surface area contributed by atoms with Crippen LogP contribution in [0.4, 0.5) is 0 Å². The van der Waals surface area contributed by atoms with Gasteiger partial charge in [0.25, 0.3) is 11.5 Å². The average Bonchev–Trinajstić information content (AvgIpc) is 2.76. The van der Waals surface area contributed by atoms with E-state index >= 15 is 0 Å². The van der Waals surface area contributed by atoms with Crippen LogP contribution < -0.4 is 11.0 Å². The molecular weight excluding hydrogens is 394 g/mol. The van der Waals surface area contributed by atoms with E-state index in [0.717, 1.165) is 24.3 Å². The molecule has 0 bridgehead atoms. The summed E-state index contributed by atoms with van der Waals surface area (Å²) in [7, 11) is 0. The van der Waals surface area contributed by atoms with E-state index in [2.05, 4.69) is 17.3 Å². The van der Waals surface area contributed by atoms with Crippen molar-refractivity contribution in [2.45, 2.75) is 78.1 Å². The van der Waals surface area contributed by atoms with Crippen molar-refractivity contribution in [3.8, 4) is 5.75 Å². The van der Waals surface area contributed by atoms with Crippen LogP contribution in [0.5, 0.6) is 5.75 Å². The van der Waals surface area contributed by atoms with E-state index in [1.165, 1.54) is 38.5 Å². The number of H-pyrrole nitrogens is 1. The van der Waals surface area contributed by atoms with Crippen LogP contribution in [-0.2, 0) is 4.79 Å². The first-order chi connectivity index (χ1) is 15.0. The molecule has 0 radical (unpaired) electrons. The number of hydrazine groups is 1. The molecule has 0 aliphatic rings. The molecule has 31 heavy (non-hydrogen) atoms. The summed E-state index contributed by atoms with van der Waals surface area (Å²) < 4.78 is 0. The standard InChI is InChI=1S/C24H35N3O4/c1-3-5-6-7-8-9-10-11-12-17-20(28)26-27(4-2)24(31)21-22(29)18-15-13-14-16-19(18)25-23(21)30/h13-16H,3-12,17H2,1-2H3,(H,26,28)(H2,25,29,30). The number of benzene rings is 1. The van der Waals surface area contributed by atoms with Crippen LogP contribution in [0.1, 0.15) is 88.4 Å². The van der Waals surface area contributed by atoms with Crippen molar-refractivity contribution in [1.82, 2.24) is 15.4 Å². The van der Waals surface area contributed by atoms with Gasteiger partial charge in [-0.3, -0.25) is 19.8 Å². The summed E-state index contributed by atoms with van der Waals surface area (Å²) in [4.78, 5) is 40.1. The molecule has 0 saturated heterocycles. The molecule has 0 unspecified atom stereocenters. The van der Waals surface area contributed by atoms with Gasteiger partial charge >= 0.3 is 0 Å². The van der Waals surface area contributed by atoms with Gasteiger partial charge in [-0.15, -0.1) is 0 Å². The number of hydrogen-bond acceptors (Lipinski definition) is 4. The van der Waals surface area contributed by atoms with Crippen LogP contribution in [0.3, 0.4) is 0 Å². The zero-order valence-corrected chi connectivity index (χ0v) is 18.7. The number of carbonyl (C=O) groups is 2. The number of aromatic hydroxyl groups is 1. The highest BCUT2D eigenvalue weighted by molar-refractivity contribution is 6.02. The van der Waals surface area contributed by atoms with Crippen molar-refractivity contribution in [2.24, 2.45) is 0 Å². The van der Waals surface area contributed by atoms with Crippen molar-refractivity contribution in [2.75, 3.05) is 6.54 Å². The van der Waals surface area contributed by atoms with E-state index in [0.29, 0.717) is 17.3 Å². The molecule has 3 N–H and O–H groups in total. The quantitative estimate of drug-likeness (QED) is 0.338. The molecule has 0 atom stereocenters. The number of nitrogens with zero attached hydrogens (tertiary/aromatic N) is 1. The molecule has 2 aromatic rings. The molecule has 0 fully saturated rings. The molecule has 7 nitrogen and oxygen atoms in total. The topological polar surface area (TPSA) is 102 Å². The number of nitrogens with one attached hydrogen (secondary N) is 2. The molecule has 2 amide bonds. The minimum atomic E-state index is -0.729. The molecule has 2 rings (SSSR count). The van der Waals surface area contributed by atoms with Gasteiger partial charge in [0, 0.05) is 18.4 Å². The molecule has 0 aliphatic heterocycles. The molecular formula is C24H35N3O4. The van der Waals surface area contributed by atoms with E-state index in [9.17, 15) is 19.5 Å². The number of fused-ring (bicyclic) bond motifs is 1. The summed E-state index contributed by atoms with van der Waals surface area (Å²) in [6.07, 6.45) is 10.7. The highest BCUT2D eigenvalue weighted by Crippen LogP contribution is 2.25. The Kier molecular flexibility index (Phi) is 10.1. The van der Waals surface area contributed by atoms with E-state index in [1.807, 2.05) is 0 Å². The highest BCUT2D eigenvalue weighted by atomic mass is 16.3. The lowest BCUT2D eigenvalue weighted by molar-refractivity contribution is -0.125. The molecule has 7 heteroatoms. The Balaban J connectivity index is 1.86. The van der Waals surface area contributed by atoms with Gasteiger partial charge in [0.15, 0.2) is 0 Å². The number of rotatable bonds is 12. The Morgan fingerprint density at radius 2 is 1.58 bits per heavy atom. The summed E-state index contributed by atoms with van der Waals surface area (Å²) in [6.45, 7) is 4.08. The third-order valence-corrected chi connectivity index (χ3v) is 5.44. The molecule has 1 heterocycles. The maximum atomic E-state index is 12.9. The van der Waals surface area contributed by atoms with Crippen LogP contribution in [0.2, 0.25) is 0 Å². The fourth-order valence-electron chi connectivity index (χ4n) is 3.64.